The summed E-state index contributed by atoms with van der Waals surface area (Å²) >= 11 is 5.94. The number of hydrogen-bond donors (Lipinski definition) is 1. The van der Waals surface area contributed by atoms with Crippen LogP contribution < -0.4 is 0 Å². The minimum absolute atomic E-state index is 0.0151. The predicted octanol–water partition coefficient (Wildman–Crippen LogP) is 3.23. The van der Waals surface area contributed by atoms with Crippen LogP contribution in [0.4, 0.5) is 0 Å². The van der Waals surface area contributed by atoms with Gasteiger partial charge in [-0.3, -0.25) is 9.59 Å². The summed E-state index contributed by atoms with van der Waals surface area (Å²) in [5, 5.41) is 9.43. The number of hydrogen-bond acceptors (Lipinski definition) is 2. The molecule has 0 aromatic heterocycles. The maximum atomic E-state index is 12.5. The van der Waals surface area contributed by atoms with Crippen molar-refractivity contribution >= 4 is 23.5 Å². The zero-order valence-corrected chi connectivity index (χ0v) is 13.4. The summed E-state index contributed by atoms with van der Waals surface area (Å²) in [6.07, 6.45) is 0.559. The summed E-state index contributed by atoms with van der Waals surface area (Å²) in [6.45, 7) is 5.89. The lowest BCUT2D eigenvalue weighted by Gasteiger charge is -2.29. The van der Waals surface area contributed by atoms with Crippen molar-refractivity contribution in [2.75, 3.05) is 6.54 Å². The number of benzene rings is 1. The van der Waals surface area contributed by atoms with Crippen LogP contribution >= 0.6 is 11.6 Å². The number of amides is 1. The molecule has 0 fully saturated rings. The lowest BCUT2D eigenvalue weighted by Crippen LogP contribution is -2.42. The van der Waals surface area contributed by atoms with Gasteiger partial charge in [0, 0.05) is 23.5 Å². The number of carbonyl (C=O) groups excluding carboxylic acids is 1. The van der Waals surface area contributed by atoms with E-state index in [2.05, 4.69) is 0 Å². The van der Waals surface area contributed by atoms with E-state index < -0.39 is 5.97 Å². The molecule has 0 aliphatic carbocycles. The number of carboxylic acid groups (broad SMARTS) is 1. The van der Waals surface area contributed by atoms with Gasteiger partial charge in [0.15, 0.2) is 0 Å². The van der Waals surface area contributed by atoms with Crippen molar-refractivity contribution in [3.05, 3.63) is 34.9 Å². The van der Waals surface area contributed by atoms with E-state index in [1.165, 1.54) is 0 Å². The zero-order chi connectivity index (χ0) is 16.0. The molecule has 0 bridgehead atoms. The fraction of sp³-hybridized carbons (Fsp3) is 0.500. The SMILES string of the molecule is CC(Cc1cccc(Cl)c1)C(=O)N(CCC(=O)O)C(C)C. The van der Waals surface area contributed by atoms with Crippen LogP contribution in [-0.2, 0) is 16.0 Å². The monoisotopic (exact) mass is 311 g/mol. The van der Waals surface area contributed by atoms with Gasteiger partial charge in [0.2, 0.25) is 5.91 Å². The first kappa shape index (κ1) is 17.5. The number of carboxylic acids is 1. The molecule has 0 spiro atoms. The Kier molecular flexibility index (Phi) is 6.69. The fourth-order valence-corrected chi connectivity index (χ4v) is 2.44. The lowest BCUT2D eigenvalue weighted by molar-refractivity contribution is -0.140. The van der Waals surface area contributed by atoms with Crippen molar-refractivity contribution in [2.24, 2.45) is 5.92 Å². The molecule has 1 rings (SSSR count). The quantitative estimate of drug-likeness (QED) is 0.841. The Balaban J connectivity index is 2.71. The summed E-state index contributed by atoms with van der Waals surface area (Å²) < 4.78 is 0. The molecule has 0 aliphatic heterocycles. The van der Waals surface area contributed by atoms with Gasteiger partial charge in [-0.05, 0) is 38.0 Å². The smallest absolute Gasteiger partial charge is 0.305 e. The van der Waals surface area contributed by atoms with E-state index in [0.717, 1.165) is 5.56 Å². The Labute approximate surface area is 130 Å². The molecule has 5 heteroatoms. The molecule has 0 aliphatic rings. The molecule has 1 unspecified atom stereocenters. The zero-order valence-electron chi connectivity index (χ0n) is 12.7. The Bertz CT molecular complexity index is 502. The maximum absolute atomic E-state index is 12.5. The highest BCUT2D eigenvalue weighted by Crippen LogP contribution is 2.17. The molecule has 1 aromatic rings. The Morgan fingerprint density at radius 2 is 1.95 bits per heavy atom. The third-order valence-corrected chi connectivity index (χ3v) is 3.56. The average molecular weight is 312 g/mol. The van der Waals surface area contributed by atoms with Crippen molar-refractivity contribution in [3.63, 3.8) is 0 Å². The van der Waals surface area contributed by atoms with E-state index in [1.54, 1.807) is 11.0 Å². The number of halogens is 1. The topological polar surface area (TPSA) is 57.6 Å². The molecular formula is C16H22ClNO3. The van der Waals surface area contributed by atoms with E-state index in [1.807, 2.05) is 39.0 Å². The summed E-state index contributed by atoms with van der Waals surface area (Å²) in [5.74, 6) is -1.12. The fourth-order valence-electron chi connectivity index (χ4n) is 2.23. The number of rotatable bonds is 7. The molecule has 4 nitrogen and oxygen atoms in total. The standard InChI is InChI=1S/C16H22ClNO3/c1-11(2)18(8-7-15(19)20)16(21)12(3)9-13-5-4-6-14(17)10-13/h4-6,10-12H,7-9H2,1-3H3,(H,19,20). The maximum Gasteiger partial charge on any atom is 0.305 e. The van der Waals surface area contributed by atoms with E-state index in [9.17, 15) is 9.59 Å². The van der Waals surface area contributed by atoms with Gasteiger partial charge in [0.1, 0.15) is 0 Å². The molecular weight excluding hydrogens is 290 g/mol. The Morgan fingerprint density at radius 1 is 1.29 bits per heavy atom. The van der Waals surface area contributed by atoms with Crippen LogP contribution in [0.1, 0.15) is 32.8 Å². The normalized spacial score (nSPS) is 12.2. The largest absolute Gasteiger partial charge is 0.481 e. The molecule has 0 radical (unpaired) electrons. The third-order valence-electron chi connectivity index (χ3n) is 3.33. The van der Waals surface area contributed by atoms with Gasteiger partial charge in [-0.1, -0.05) is 30.7 Å². The highest BCUT2D eigenvalue weighted by molar-refractivity contribution is 6.30. The van der Waals surface area contributed by atoms with Gasteiger partial charge in [0.25, 0.3) is 0 Å². The minimum atomic E-state index is -0.893. The van der Waals surface area contributed by atoms with Crippen molar-refractivity contribution in [1.29, 1.82) is 0 Å². The Morgan fingerprint density at radius 3 is 2.48 bits per heavy atom. The second kappa shape index (κ2) is 8.03. The molecule has 1 aromatic carbocycles. The average Bonchev–Trinajstić information content (AvgIpc) is 2.37. The van der Waals surface area contributed by atoms with Crippen molar-refractivity contribution in [3.8, 4) is 0 Å². The van der Waals surface area contributed by atoms with Crippen LogP contribution in [0.3, 0.4) is 0 Å². The summed E-state index contributed by atoms with van der Waals surface area (Å²) in [6, 6.07) is 7.43. The predicted molar refractivity (Wildman–Crippen MR) is 83.4 cm³/mol. The van der Waals surface area contributed by atoms with Crippen molar-refractivity contribution in [1.82, 2.24) is 4.90 Å². The first-order valence-electron chi connectivity index (χ1n) is 7.08. The van der Waals surface area contributed by atoms with Gasteiger partial charge < -0.3 is 10.0 Å². The van der Waals surface area contributed by atoms with Crippen LogP contribution in [0.5, 0.6) is 0 Å². The molecule has 116 valence electrons. The van der Waals surface area contributed by atoms with E-state index in [-0.39, 0.29) is 30.8 Å². The third kappa shape index (κ3) is 5.76. The molecule has 0 heterocycles. The molecule has 1 atom stereocenters. The van der Waals surface area contributed by atoms with Gasteiger partial charge in [-0.2, -0.15) is 0 Å². The molecule has 0 saturated carbocycles. The molecule has 0 saturated heterocycles. The highest BCUT2D eigenvalue weighted by atomic mass is 35.5. The summed E-state index contributed by atoms with van der Waals surface area (Å²) in [7, 11) is 0. The van der Waals surface area contributed by atoms with Crippen LogP contribution in [-0.4, -0.2) is 34.5 Å². The van der Waals surface area contributed by atoms with Gasteiger partial charge >= 0.3 is 5.97 Å². The minimum Gasteiger partial charge on any atom is -0.481 e. The molecule has 21 heavy (non-hydrogen) atoms. The van der Waals surface area contributed by atoms with E-state index in [4.69, 9.17) is 16.7 Å². The van der Waals surface area contributed by atoms with Crippen molar-refractivity contribution in [2.45, 2.75) is 39.7 Å². The summed E-state index contributed by atoms with van der Waals surface area (Å²) in [5.41, 5.74) is 1.00. The lowest BCUT2D eigenvalue weighted by atomic mass is 9.99. The second-order valence-electron chi connectivity index (χ2n) is 5.50. The number of carbonyl (C=O) groups is 2. The molecule has 1 amide bonds. The van der Waals surface area contributed by atoms with Crippen molar-refractivity contribution < 1.29 is 14.7 Å². The van der Waals surface area contributed by atoms with Crippen LogP contribution in [0.2, 0.25) is 5.02 Å². The van der Waals surface area contributed by atoms with E-state index in [0.29, 0.717) is 11.4 Å². The number of nitrogens with zero attached hydrogens (tertiary/aromatic N) is 1. The Hall–Kier alpha value is -1.55. The van der Waals surface area contributed by atoms with Gasteiger partial charge in [-0.15, -0.1) is 0 Å². The highest BCUT2D eigenvalue weighted by Gasteiger charge is 2.23. The first-order valence-corrected chi connectivity index (χ1v) is 7.45. The second-order valence-corrected chi connectivity index (χ2v) is 5.94. The van der Waals surface area contributed by atoms with E-state index >= 15 is 0 Å². The van der Waals surface area contributed by atoms with Gasteiger partial charge in [-0.25, -0.2) is 0 Å². The molecule has 1 N–H and O–H groups in total. The number of aliphatic carboxylic acids is 1. The summed E-state index contributed by atoms with van der Waals surface area (Å²) in [4.78, 5) is 24.8. The van der Waals surface area contributed by atoms with Gasteiger partial charge in [0.05, 0.1) is 6.42 Å². The first-order chi connectivity index (χ1) is 9.81. The van der Waals surface area contributed by atoms with Crippen LogP contribution in [0.15, 0.2) is 24.3 Å². The van der Waals surface area contributed by atoms with Crippen LogP contribution in [0.25, 0.3) is 0 Å². The van der Waals surface area contributed by atoms with Crippen LogP contribution in [0, 0.1) is 5.92 Å².